The Hall–Kier alpha value is -5.03. The summed E-state index contributed by atoms with van der Waals surface area (Å²) in [4.78, 5) is 39.9. The van der Waals surface area contributed by atoms with E-state index in [0.29, 0.717) is 42.6 Å². The number of hydrogen-bond donors (Lipinski definition) is 3. The molecule has 2 saturated heterocycles. The predicted octanol–water partition coefficient (Wildman–Crippen LogP) is 6.05. The third-order valence-electron chi connectivity index (χ3n) is 10.3. The molecule has 3 N–H and O–H groups in total. The molecular weight excluding hydrogens is 940 g/mol. The molecule has 16 nitrogen and oxygen atoms in total. The molecule has 0 aliphatic carbocycles. The van der Waals surface area contributed by atoms with E-state index in [-0.39, 0.29) is 28.6 Å². The summed E-state index contributed by atoms with van der Waals surface area (Å²) in [5, 5.41) is 25.7. The van der Waals surface area contributed by atoms with E-state index in [1.165, 1.54) is 37.2 Å². The predicted molar refractivity (Wildman–Crippen MR) is 222 cm³/mol. The summed E-state index contributed by atoms with van der Waals surface area (Å²) in [7, 11) is -0.688. The minimum Gasteiger partial charge on any atom is -0.399 e. The van der Waals surface area contributed by atoms with E-state index < -0.39 is 61.1 Å². The molecule has 334 valence electrons. The first kappa shape index (κ1) is 48.0. The van der Waals surface area contributed by atoms with Crippen LogP contribution in [0.4, 0.5) is 26.3 Å². The van der Waals surface area contributed by atoms with Crippen molar-refractivity contribution in [1.82, 2.24) is 54.9 Å². The van der Waals surface area contributed by atoms with Crippen molar-refractivity contribution in [2.24, 2.45) is 11.3 Å². The Bertz CT molecular complexity index is 2320. The van der Waals surface area contributed by atoms with Crippen molar-refractivity contribution in [1.29, 1.82) is 5.26 Å². The van der Waals surface area contributed by atoms with Crippen LogP contribution in [0.5, 0.6) is 0 Å². The number of hydrogen-bond acceptors (Lipinski definition) is 10. The Morgan fingerprint density at radius 1 is 0.952 bits per heavy atom. The molecule has 1 atom stereocenters. The van der Waals surface area contributed by atoms with Gasteiger partial charge in [0.25, 0.3) is 5.91 Å². The molecule has 24 heteroatoms. The summed E-state index contributed by atoms with van der Waals surface area (Å²) >= 11 is 2.18. The summed E-state index contributed by atoms with van der Waals surface area (Å²) in [5.74, 6) is -0.835. The van der Waals surface area contributed by atoms with Crippen molar-refractivity contribution in [2.75, 3.05) is 13.1 Å². The van der Waals surface area contributed by atoms with Crippen molar-refractivity contribution >= 4 is 58.2 Å². The SMILES string of the molecule is CC(C)(C)[C@@H](NC(=O)c1c[nH]c2ncc(-c3cnn(CC(F)(F)F)c3)nc12)C(=O)N1CCC(C#N)CC1.CC1(C)OB(c2cnn(CC(F)(F)F)c2)OC1(C)C.Ic1cn[nH]c1. The zero-order valence-electron chi connectivity index (χ0n) is 34.9. The Morgan fingerprint density at radius 2 is 1.55 bits per heavy atom. The molecule has 0 bridgehead atoms. The molecular formula is C38H46BF6IN12O4. The molecule has 7 rings (SSSR count). The number of alkyl halides is 6. The van der Waals surface area contributed by atoms with Crippen LogP contribution in [0.2, 0.25) is 0 Å². The molecule has 2 aliphatic rings. The molecule has 2 aliphatic heterocycles. The highest BCUT2D eigenvalue weighted by Gasteiger charge is 2.52. The zero-order valence-corrected chi connectivity index (χ0v) is 37.1. The summed E-state index contributed by atoms with van der Waals surface area (Å²) in [6, 6.07) is 1.41. The second-order valence-corrected chi connectivity index (χ2v) is 18.0. The standard InChI is InChI=1S/C24H27F3N8O2.C11H16BF3N2O2.C3H3IN2/c1-23(2,3)19(22(37)34-6-4-14(8-28)5-7-34)33-21(36)16-10-29-20-18(16)32-17(11-30-20)15-9-31-35(12-15)13-24(25,26)27;1-9(2)10(3,4)19-12(18-9)8-5-16-17(6-8)7-11(13,14)15;4-3-1-5-6-2-3/h9-12,14,19H,4-7,13H2,1-3H3,(H,29,30)(H,33,36);5-6H,7H2,1-4H3;1-2H,(H,5,6)/t19-;;/m0../s1. The Labute approximate surface area is 366 Å². The van der Waals surface area contributed by atoms with Crippen molar-refractivity contribution in [3.8, 4) is 17.3 Å². The van der Waals surface area contributed by atoms with Crippen LogP contribution >= 0.6 is 22.6 Å². The summed E-state index contributed by atoms with van der Waals surface area (Å²) in [6.07, 6.45) is 3.97. The van der Waals surface area contributed by atoms with Crippen LogP contribution < -0.4 is 10.8 Å². The van der Waals surface area contributed by atoms with Gasteiger partial charge in [0, 0.05) is 61.0 Å². The van der Waals surface area contributed by atoms with Gasteiger partial charge in [0.05, 0.1) is 50.7 Å². The molecule has 2 amide bonds. The second kappa shape index (κ2) is 18.8. The number of nitrogens with zero attached hydrogens (tertiary/aromatic N) is 9. The van der Waals surface area contributed by atoms with E-state index in [1.54, 1.807) is 11.1 Å². The number of piperidine rings is 1. The topological polar surface area (TPSA) is 198 Å². The quantitative estimate of drug-likeness (QED) is 0.0981. The van der Waals surface area contributed by atoms with Gasteiger partial charge in [0.15, 0.2) is 5.65 Å². The third kappa shape index (κ3) is 12.5. The van der Waals surface area contributed by atoms with Crippen molar-refractivity contribution in [3.05, 3.63) is 58.7 Å². The summed E-state index contributed by atoms with van der Waals surface area (Å²) < 4.78 is 89.0. The van der Waals surface area contributed by atoms with Gasteiger partial charge >= 0.3 is 19.5 Å². The van der Waals surface area contributed by atoms with Gasteiger partial charge in [-0.1, -0.05) is 20.8 Å². The van der Waals surface area contributed by atoms with Crippen molar-refractivity contribution in [2.45, 2.75) is 104 Å². The highest BCUT2D eigenvalue weighted by molar-refractivity contribution is 14.1. The molecule has 0 radical (unpaired) electrons. The number of rotatable bonds is 7. The fourth-order valence-electron chi connectivity index (χ4n) is 6.22. The lowest BCUT2D eigenvalue weighted by Gasteiger charge is -2.37. The van der Waals surface area contributed by atoms with E-state index >= 15 is 0 Å². The zero-order chi connectivity index (χ0) is 45.8. The van der Waals surface area contributed by atoms with Crippen LogP contribution in [-0.4, -0.2) is 111 Å². The molecule has 0 aromatic carbocycles. The van der Waals surface area contributed by atoms with Gasteiger partial charge in [0.1, 0.15) is 24.6 Å². The van der Waals surface area contributed by atoms with Crippen LogP contribution in [0.1, 0.15) is 71.7 Å². The monoisotopic (exact) mass is 986 g/mol. The first-order valence-electron chi connectivity index (χ1n) is 19.3. The fourth-order valence-corrected chi connectivity index (χ4v) is 6.50. The van der Waals surface area contributed by atoms with Crippen molar-refractivity contribution in [3.63, 3.8) is 0 Å². The average Bonchev–Trinajstić information content (AvgIpc) is 4.02. The number of carbonyl (C=O) groups is 2. The molecule has 5 aromatic rings. The second-order valence-electron chi connectivity index (χ2n) is 16.8. The number of nitrogens with one attached hydrogen (secondary N) is 3. The van der Waals surface area contributed by atoms with Crippen LogP contribution in [0.3, 0.4) is 0 Å². The first-order valence-corrected chi connectivity index (χ1v) is 20.3. The van der Waals surface area contributed by atoms with E-state index in [9.17, 15) is 35.9 Å². The first-order chi connectivity index (χ1) is 28.7. The van der Waals surface area contributed by atoms with Crippen LogP contribution in [0.15, 0.2) is 49.6 Å². The lowest BCUT2D eigenvalue weighted by atomic mass is 9.82. The van der Waals surface area contributed by atoms with Crippen LogP contribution in [-0.2, 0) is 27.2 Å². The minimum atomic E-state index is -4.42. The van der Waals surface area contributed by atoms with E-state index in [4.69, 9.17) is 14.6 Å². The largest absolute Gasteiger partial charge is 0.498 e. The maximum Gasteiger partial charge on any atom is 0.498 e. The molecule has 2 fully saturated rings. The Kier molecular flexibility index (Phi) is 14.5. The number of nitriles is 1. The van der Waals surface area contributed by atoms with E-state index in [0.717, 1.165) is 12.9 Å². The molecule has 0 spiro atoms. The van der Waals surface area contributed by atoms with Gasteiger partial charge in [-0.15, -0.1) is 0 Å². The number of likely N-dealkylation sites (tertiary alicyclic amines) is 1. The van der Waals surface area contributed by atoms with Gasteiger partial charge in [-0.3, -0.25) is 24.1 Å². The van der Waals surface area contributed by atoms with Crippen molar-refractivity contribution < 1.29 is 45.2 Å². The summed E-state index contributed by atoms with van der Waals surface area (Å²) in [5.41, 5.74) is 0.0817. The number of carbonyl (C=O) groups excluding carboxylic acids is 2. The molecule has 62 heavy (non-hydrogen) atoms. The molecule has 5 aromatic heterocycles. The fraction of sp³-hybridized carbons (Fsp3) is 0.526. The van der Waals surface area contributed by atoms with Gasteiger partial charge in [-0.2, -0.15) is 46.9 Å². The minimum absolute atomic E-state index is 0.0775. The highest BCUT2D eigenvalue weighted by atomic mass is 127. The van der Waals surface area contributed by atoms with Crippen LogP contribution in [0, 0.1) is 26.2 Å². The third-order valence-corrected chi connectivity index (χ3v) is 10.8. The van der Waals surface area contributed by atoms with Crippen LogP contribution in [0.25, 0.3) is 22.4 Å². The molecule has 0 unspecified atom stereocenters. The number of H-pyrrole nitrogens is 2. The Morgan fingerprint density at radius 3 is 2.06 bits per heavy atom. The highest BCUT2D eigenvalue weighted by Crippen LogP contribution is 2.36. The average molecular weight is 987 g/mol. The summed E-state index contributed by atoms with van der Waals surface area (Å²) in [6.45, 7) is 11.6. The maximum absolute atomic E-state index is 13.4. The Balaban J connectivity index is 0.000000239. The lowest BCUT2D eigenvalue weighted by Crippen LogP contribution is -2.56. The molecule has 7 heterocycles. The van der Waals surface area contributed by atoms with Gasteiger partial charge in [0.2, 0.25) is 5.91 Å². The number of amides is 2. The molecule has 0 saturated carbocycles. The number of aromatic amines is 2. The normalized spacial score (nSPS) is 17.1. The lowest BCUT2D eigenvalue weighted by molar-refractivity contribution is -0.143. The number of aromatic nitrogens is 9. The number of halogens is 7. The van der Waals surface area contributed by atoms with Gasteiger partial charge in [-0.25, -0.2) is 9.97 Å². The van der Waals surface area contributed by atoms with E-state index in [1.807, 2.05) is 54.7 Å². The van der Waals surface area contributed by atoms with Gasteiger partial charge < -0.3 is 24.5 Å². The number of fused-ring (bicyclic) bond motifs is 1. The maximum atomic E-state index is 13.4. The smallest absolute Gasteiger partial charge is 0.399 e. The van der Waals surface area contributed by atoms with Gasteiger partial charge in [-0.05, 0) is 68.5 Å². The van der Waals surface area contributed by atoms with E-state index in [2.05, 4.69) is 69.3 Å².